The zero-order valence-corrected chi connectivity index (χ0v) is 6.57. The highest BCUT2D eigenvalue weighted by molar-refractivity contribution is 7.11. The Morgan fingerprint density at radius 3 is 2.90 bits per heavy atom. The highest BCUT2D eigenvalue weighted by Gasteiger charge is 2.03. The Morgan fingerprint density at radius 1 is 1.80 bits per heavy atom. The van der Waals surface area contributed by atoms with E-state index < -0.39 is 0 Å². The second-order valence-electron chi connectivity index (χ2n) is 1.82. The molecule has 0 aromatic carbocycles. The van der Waals surface area contributed by atoms with Crippen molar-refractivity contribution in [1.82, 2.24) is 4.98 Å². The summed E-state index contributed by atoms with van der Waals surface area (Å²) in [5.41, 5.74) is 2.41. The van der Waals surface area contributed by atoms with Crippen LogP contribution in [0.3, 0.4) is 0 Å². The minimum Gasteiger partial charge on any atom is -0.414 e. The molecule has 4 heteroatoms. The fourth-order valence-electron chi connectivity index (χ4n) is 0.520. The third kappa shape index (κ3) is 1.54. The van der Waals surface area contributed by atoms with Crippen molar-refractivity contribution in [3.05, 3.63) is 11.2 Å². The van der Waals surface area contributed by atoms with Crippen LogP contribution in [0.5, 0.6) is 5.06 Å². The van der Waals surface area contributed by atoms with Crippen molar-refractivity contribution in [1.29, 1.82) is 0 Å². The molecule has 0 fully saturated rings. The number of aryl methyl sites for hydroxylation is 1. The van der Waals surface area contributed by atoms with Gasteiger partial charge in [-0.25, -0.2) is 4.98 Å². The maximum atomic E-state index is 10.4. The second kappa shape index (κ2) is 2.79. The lowest BCUT2D eigenvalue weighted by molar-refractivity contribution is -0.131. The third-order valence-corrected chi connectivity index (χ3v) is 1.74. The van der Waals surface area contributed by atoms with E-state index >= 15 is 0 Å². The van der Waals surface area contributed by atoms with Crippen LogP contribution in [-0.2, 0) is 4.79 Å². The van der Waals surface area contributed by atoms with Gasteiger partial charge in [0.05, 0.1) is 11.2 Å². The number of hydrogen-bond donors (Lipinski definition) is 0. The molecule has 1 rings (SSSR count). The van der Waals surface area contributed by atoms with Crippen LogP contribution in [0.2, 0.25) is 0 Å². The average Bonchev–Trinajstić information content (AvgIpc) is 2.15. The fraction of sp³-hybridized carbons (Fsp3) is 0.333. The molecule has 1 aromatic heterocycles. The molecule has 10 heavy (non-hydrogen) atoms. The summed E-state index contributed by atoms with van der Waals surface area (Å²) in [6.45, 7) is 3.17. The van der Waals surface area contributed by atoms with E-state index in [0.29, 0.717) is 5.06 Å². The van der Waals surface area contributed by atoms with E-state index in [9.17, 15) is 4.79 Å². The Hall–Kier alpha value is -0.900. The predicted octanol–water partition coefficient (Wildman–Crippen LogP) is 1.38. The maximum Gasteiger partial charge on any atom is 0.308 e. The first kappa shape index (κ1) is 7.21. The van der Waals surface area contributed by atoms with Crippen LogP contribution in [0.1, 0.15) is 12.6 Å². The third-order valence-electron chi connectivity index (χ3n) is 0.938. The topological polar surface area (TPSA) is 39.2 Å². The van der Waals surface area contributed by atoms with Crippen molar-refractivity contribution in [2.24, 2.45) is 0 Å². The molecular weight excluding hydrogens is 150 g/mol. The fourth-order valence-corrected chi connectivity index (χ4v) is 1.21. The van der Waals surface area contributed by atoms with Gasteiger partial charge in [0.1, 0.15) is 0 Å². The first-order valence-electron chi connectivity index (χ1n) is 2.78. The Kier molecular flexibility index (Phi) is 2.01. The molecule has 3 nitrogen and oxygen atoms in total. The number of thiazole rings is 1. The van der Waals surface area contributed by atoms with Gasteiger partial charge in [-0.05, 0) is 6.92 Å². The van der Waals surface area contributed by atoms with Crippen LogP contribution in [0.4, 0.5) is 0 Å². The highest BCUT2D eigenvalue weighted by atomic mass is 32.1. The number of ether oxygens (including phenoxy) is 1. The van der Waals surface area contributed by atoms with Gasteiger partial charge in [-0.1, -0.05) is 11.3 Å². The number of rotatable bonds is 1. The molecule has 0 aliphatic carbocycles. The molecule has 0 saturated carbocycles. The van der Waals surface area contributed by atoms with E-state index in [1.807, 2.05) is 0 Å². The Morgan fingerprint density at radius 2 is 2.50 bits per heavy atom. The summed E-state index contributed by atoms with van der Waals surface area (Å²) in [7, 11) is 0. The molecule has 0 saturated heterocycles. The molecule has 0 aliphatic heterocycles. The number of carbonyl (C=O) groups excluding carboxylic acids is 1. The molecule has 0 amide bonds. The van der Waals surface area contributed by atoms with Crippen molar-refractivity contribution in [3.63, 3.8) is 0 Å². The molecule has 0 unspecified atom stereocenters. The summed E-state index contributed by atoms with van der Waals surface area (Å²) in [6, 6.07) is 0. The Labute approximate surface area is 62.7 Å². The summed E-state index contributed by atoms with van der Waals surface area (Å²) < 4.78 is 4.80. The minimum atomic E-state index is -0.299. The summed E-state index contributed by atoms with van der Waals surface area (Å²) in [5.74, 6) is -0.299. The number of nitrogens with zero attached hydrogens (tertiary/aromatic N) is 1. The molecule has 0 bridgehead atoms. The highest BCUT2D eigenvalue weighted by Crippen LogP contribution is 2.21. The van der Waals surface area contributed by atoms with E-state index in [1.54, 1.807) is 12.4 Å². The molecule has 1 aromatic rings. The van der Waals surface area contributed by atoms with E-state index in [4.69, 9.17) is 4.74 Å². The van der Waals surface area contributed by atoms with Gasteiger partial charge in [0.2, 0.25) is 5.06 Å². The first-order valence-corrected chi connectivity index (χ1v) is 3.66. The minimum absolute atomic E-state index is 0.299. The quantitative estimate of drug-likeness (QED) is 0.578. The Bertz CT molecular complexity index is 244. The molecule has 54 valence electrons. The number of aromatic nitrogens is 1. The summed E-state index contributed by atoms with van der Waals surface area (Å²) in [5, 5.41) is 0.590. The Balaban J connectivity index is 2.74. The van der Waals surface area contributed by atoms with Crippen LogP contribution < -0.4 is 4.74 Å². The molecule has 0 aliphatic rings. The van der Waals surface area contributed by atoms with E-state index in [0.717, 1.165) is 5.69 Å². The molecule has 0 atom stereocenters. The van der Waals surface area contributed by atoms with Gasteiger partial charge in [0.25, 0.3) is 0 Å². The van der Waals surface area contributed by atoms with E-state index in [-0.39, 0.29) is 5.97 Å². The van der Waals surface area contributed by atoms with Gasteiger partial charge < -0.3 is 4.74 Å². The van der Waals surface area contributed by atoms with Crippen molar-refractivity contribution < 1.29 is 9.53 Å². The standard InChI is InChI=1S/C6H7NO2S/c1-4-6(9-5(2)8)10-3-7-4/h3H,1-2H3. The molecule has 0 N–H and O–H groups in total. The van der Waals surface area contributed by atoms with Crippen LogP contribution in [0.25, 0.3) is 0 Å². The number of esters is 1. The molecule has 0 spiro atoms. The van der Waals surface area contributed by atoms with E-state index in [2.05, 4.69) is 4.98 Å². The lowest BCUT2D eigenvalue weighted by Gasteiger charge is -1.94. The van der Waals surface area contributed by atoms with Gasteiger partial charge in [-0.2, -0.15) is 0 Å². The van der Waals surface area contributed by atoms with Crippen molar-refractivity contribution >= 4 is 17.3 Å². The molecule has 0 radical (unpaired) electrons. The van der Waals surface area contributed by atoms with Gasteiger partial charge in [0.15, 0.2) is 0 Å². The monoisotopic (exact) mass is 157 g/mol. The normalized spacial score (nSPS) is 9.40. The van der Waals surface area contributed by atoms with E-state index in [1.165, 1.54) is 18.3 Å². The SMILES string of the molecule is CC(=O)Oc1scnc1C. The van der Waals surface area contributed by atoms with Gasteiger partial charge in [-0.15, -0.1) is 0 Å². The zero-order chi connectivity index (χ0) is 7.56. The smallest absolute Gasteiger partial charge is 0.308 e. The first-order chi connectivity index (χ1) is 4.70. The van der Waals surface area contributed by atoms with Crippen LogP contribution in [0.15, 0.2) is 5.51 Å². The molecular formula is C6H7NO2S. The number of carbonyl (C=O) groups is 1. The van der Waals surface area contributed by atoms with Crippen molar-refractivity contribution in [2.75, 3.05) is 0 Å². The zero-order valence-electron chi connectivity index (χ0n) is 5.75. The lowest BCUT2D eigenvalue weighted by Crippen LogP contribution is -2.00. The largest absolute Gasteiger partial charge is 0.414 e. The predicted molar refractivity (Wildman–Crippen MR) is 38.2 cm³/mol. The summed E-state index contributed by atoms with van der Waals surface area (Å²) in [4.78, 5) is 14.3. The lowest BCUT2D eigenvalue weighted by atomic mass is 10.5. The molecule has 1 heterocycles. The van der Waals surface area contributed by atoms with Crippen molar-refractivity contribution in [3.8, 4) is 5.06 Å². The van der Waals surface area contributed by atoms with Gasteiger partial charge in [-0.3, -0.25) is 4.79 Å². The average molecular weight is 157 g/mol. The van der Waals surface area contributed by atoms with Crippen molar-refractivity contribution in [2.45, 2.75) is 13.8 Å². The van der Waals surface area contributed by atoms with Gasteiger partial charge in [0, 0.05) is 6.92 Å². The number of hydrogen-bond acceptors (Lipinski definition) is 4. The van der Waals surface area contributed by atoms with Crippen LogP contribution in [-0.4, -0.2) is 11.0 Å². The van der Waals surface area contributed by atoms with Gasteiger partial charge >= 0.3 is 5.97 Å². The maximum absolute atomic E-state index is 10.4. The van der Waals surface area contributed by atoms with Crippen LogP contribution >= 0.6 is 11.3 Å². The summed E-state index contributed by atoms with van der Waals surface area (Å²) in [6.07, 6.45) is 0. The summed E-state index contributed by atoms with van der Waals surface area (Å²) >= 11 is 1.32. The van der Waals surface area contributed by atoms with Crippen LogP contribution in [0, 0.1) is 6.92 Å². The second-order valence-corrected chi connectivity index (χ2v) is 2.64.